The summed E-state index contributed by atoms with van der Waals surface area (Å²) in [5.41, 5.74) is 0. The summed E-state index contributed by atoms with van der Waals surface area (Å²) in [5.74, 6) is 0. The normalized spacial score (nSPS) is 12.2. The van der Waals surface area contributed by atoms with Crippen molar-refractivity contribution >= 4 is 10.0 Å². The Morgan fingerprint density at radius 3 is 2.24 bits per heavy atom. The van der Waals surface area contributed by atoms with Crippen LogP contribution < -0.4 is 0 Å². The Hall–Kier alpha value is -0.880. The average molecular weight is 259 g/mol. The highest BCUT2D eigenvalue weighted by molar-refractivity contribution is 7.89. The number of rotatable bonds is 8. The van der Waals surface area contributed by atoms with Gasteiger partial charge in [0.1, 0.15) is 4.90 Å². The van der Waals surface area contributed by atoms with Crippen LogP contribution in [0.5, 0.6) is 0 Å². The van der Waals surface area contributed by atoms with Gasteiger partial charge in [0.05, 0.1) is 6.20 Å². The zero-order chi connectivity index (χ0) is 12.7. The molecule has 6 heteroatoms. The van der Waals surface area contributed by atoms with Gasteiger partial charge in [-0.25, -0.2) is 8.42 Å². The number of unbranched alkanes of at least 4 members (excludes halogenated alkanes) is 2. The molecule has 1 aromatic heterocycles. The van der Waals surface area contributed by atoms with Crippen LogP contribution in [0.2, 0.25) is 0 Å². The molecule has 0 atom stereocenters. The molecular formula is C11H21N3O2S. The van der Waals surface area contributed by atoms with Gasteiger partial charge < -0.3 is 0 Å². The molecule has 5 nitrogen and oxygen atoms in total. The maximum atomic E-state index is 12.3. The van der Waals surface area contributed by atoms with E-state index in [0.29, 0.717) is 13.1 Å². The second-order valence-electron chi connectivity index (χ2n) is 4.05. The summed E-state index contributed by atoms with van der Waals surface area (Å²) in [7, 11) is -3.36. The molecule has 0 aliphatic rings. The molecule has 0 bridgehead atoms. The summed E-state index contributed by atoms with van der Waals surface area (Å²) in [5, 5.41) is 6.25. The van der Waals surface area contributed by atoms with E-state index in [1.165, 1.54) is 12.4 Å². The van der Waals surface area contributed by atoms with E-state index in [0.717, 1.165) is 25.7 Å². The van der Waals surface area contributed by atoms with Crippen LogP contribution in [0.3, 0.4) is 0 Å². The molecule has 0 saturated carbocycles. The maximum absolute atomic E-state index is 12.3. The highest BCUT2D eigenvalue weighted by Crippen LogP contribution is 2.15. The fraction of sp³-hybridized carbons (Fsp3) is 0.727. The van der Waals surface area contributed by atoms with Crippen molar-refractivity contribution in [2.24, 2.45) is 0 Å². The molecule has 0 aromatic carbocycles. The van der Waals surface area contributed by atoms with Crippen LogP contribution in [-0.4, -0.2) is 36.0 Å². The summed E-state index contributed by atoms with van der Waals surface area (Å²) in [6.07, 6.45) is 6.55. The SMILES string of the molecule is CCCCN(CCCC)S(=O)(=O)c1cn[nH]c1. The van der Waals surface area contributed by atoms with E-state index in [2.05, 4.69) is 24.0 Å². The lowest BCUT2D eigenvalue weighted by atomic mass is 10.3. The van der Waals surface area contributed by atoms with Crippen LogP contribution in [0.4, 0.5) is 0 Å². The lowest BCUT2D eigenvalue weighted by Crippen LogP contribution is -2.32. The quantitative estimate of drug-likeness (QED) is 0.776. The Bertz CT molecular complexity index is 392. The van der Waals surface area contributed by atoms with Gasteiger partial charge in [-0.1, -0.05) is 26.7 Å². The molecular weight excluding hydrogens is 238 g/mol. The van der Waals surface area contributed by atoms with Gasteiger partial charge in [0.15, 0.2) is 0 Å². The molecule has 0 unspecified atom stereocenters. The Labute approximate surface area is 103 Å². The number of aromatic amines is 1. The molecule has 0 aliphatic heterocycles. The summed E-state index contributed by atoms with van der Waals surface area (Å²) in [4.78, 5) is 0.254. The van der Waals surface area contributed by atoms with Crippen molar-refractivity contribution in [1.29, 1.82) is 0 Å². The first-order valence-corrected chi connectivity index (χ1v) is 7.55. The van der Waals surface area contributed by atoms with E-state index in [9.17, 15) is 8.42 Å². The molecule has 1 aromatic rings. The Morgan fingerprint density at radius 2 is 1.82 bits per heavy atom. The van der Waals surface area contributed by atoms with Crippen molar-refractivity contribution in [2.75, 3.05) is 13.1 Å². The molecule has 0 amide bonds. The monoisotopic (exact) mass is 259 g/mol. The number of nitrogens with one attached hydrogen (secondary N) is 1. The molecule has 98 valence electrons. The lowest BCUT2D eigenvalue weighted by molar-refractivity contribution is 0.395. The fourth-order valence-corrected chi connectivity index (χ4v) is 2.97. The van der Waals surface area contributed by atoms with Crippen LogP contribution in [0.1, 0.15) is 39.5 Å². The number of H-pyrrole nitrogens is 1. The third kappa shape index (κ3) is 3.81. The lowest BCUT2D eigenvalue weighted by Gasteiger charge is -2.20. The van der Waals surface area contributed by atoms with Crippen molar-refractivity contribution in [2.45, 2.75) is 44.4 Å². The predicted octanol–water partition coefficient (Wildman–Crippen LogP) is 2.00. The fourth-order valence-electron chi connectivity index (χ4n) is 1.55. The highest BCUT2D eigenvalue weighted by atomic mass is 32.2. The first-order valence-electron chi connectivity index (χ1n) is 6.11. The largest absolute Gasteiger partial charge is 0.284 e. The summed E-state index contributed by atoms with van der Waals surface area (Å²) < 4.78 is 26.1. The Morgan fingerprint density at radius 1 is 1.24 bits per heavy atom. The smallest absolute Gasteiger partial charge is 0.246 e. The maximum Gasteiger partial charge on any atom is 0.246 e. The molecule has 1 rings (SSSR count). The highest BCUT2D eigenvalue weighted by Gasteiger charge is 2.24. The number of hydrogen-bond donors (Lipinski definition) is 1. The molecule has 0 radical (unpaired) electrons. The van der Waals surface area contributed by atoms with E-state index in [1.807, 2.05) is 0 Å². The zero-order valence-corrected chi connectivity index (χ0v) is 11.3. The van der Waals surface area contributed by atoms with Gasteiger partial charge in [0.2, 0.25) is 10.0 Å². The van der Waals surface area contributed by atoms with Crippen LogP contribution in [-0.2, 0) is 10.0 Å². The van der Waals surface area contributed by atoms with E-state index in [-0.39, 0.29) is 4.90 Å². The number of nitrogens with zero attached hydrogens (tertiary/aromatic N) is 2. The van der Waals surface area contributed by atoms with Crippen molar-refractivity contribution in [3.8, 4) is 0 Å². The average Bonchev–Trinajstić information content (AvgIpc) is 2.83. The van der Waals surface area contributed by atoms with Crippen LogP contribution >= 0.6 is 0 Å². The minimum Gasteiger partial charge on any atom is -0.284 e. The summed E-state index contributed by atoms with van der Waals surface area (Å²) >= 11 is 0. The van der Waals surface area contributed by atoms with Gasteiger partial charge in [-0.2, -0.15) is 9.40 Å². The molecule has 0 aliphatic carbocycles. The van der Waals surface area contributed by atoms with Gasteiger partial charge in [-0.05, 0) is 12.8 Å². The third-order valence-corrected chi connectivity index (χ3v) is 4.50. The standard InChI is InChI=1S/C11H21N3O2S/c1-3-5-7-14(8-6-4-2)17(15,16)11-9-12-13-10-11/h9-10H,3-8H2,1-2H3,(H,12,13). The Balaban J connectivity index is 2.80. The minimum absolute atomic E-state index is 0.254. The topological polar surface area (TPSA) is 66.1 Å². The zero-order valence-electron chi connectivity index (χ0n) is 10.5. The van der Waals surface area contributed by atoms with Gasteiger partial charge >= 0.3 is 0 Å². The van der Waals surface area contributed by atoms with Crippen molar-refractivity contribution < 1.29 is 8.42 Å². The molecule has 17 heavy (non-hydrogen) atoms. The van der Waals surface area contributed by atoms with E-state index >= 15 is 0 Å². The number of sulfonamides is 1. The van der Waals surface area contributed by atoms with Gasteiger partial charge in [0, 0.05) is 19.3 Å². The summed E-state index contributed by atoms with van der Waals surface area (Å²) in [6, 6.07) is 0. The number of hydrogen-bond acceptors (Lipinski definition) is 3. The second-order valence-corrected chi connectivity index (χ2v) is 5.98. The van der Waals surface area contributed by atoms with Crippen molar-refractivity contribution in [3.05, 3.63) is 12.4 Å². The molecule has 1 heterocycles. The van der Waals surface area contributed by atoms with E-state index < -0.39 is 10.0 Å². The van der Waals surface area contributed by atoms with E-state index in [1.54, 1.807) is 4.31 Å². The van der Waals surface area contributed by atoms with Gasteiger partial charge in [-0.15, -0.1) is 0 Å². The Kier molecular flexibility index (Phi) is 5.64. The molecule has 0 saturated heterocycles. The van der Waals surface area contributed by atoms with Crippen LogP contribution in [0.15, 0.2) is 17.3 Å². The van der Waals surface area contributed by atoms with Crippen molar-refractivity contribution in [3.63, 3.8) is 0 Å². The van der Waals surface area contributed by atoms with Crippen LogP contribution in [0, 0.1) is 0 Å². The van der Waals surface area contributed by atoms with Crippen LogP contribution in [0.25, 0.3) is 0 Å². The van der Waals surface area contributed by atoms with Gasteiger partial charge in [0.25, 0.3) is 0 Å². The van der Waals surface area contributed by atoms with Gasteiger partial charge in [-0.3, -0.25) is 5.10 Å². The minimum atomic E-state index is -3.36. The van der Waals surface area contributed by atoms with Crippen molar-refractivity contribution in [1.82, 2.24) is 14.5 Å². The predicted molar refractivity (Wildman–Crippen MR) is 67.2 cm³/mol. The number of aromatic nitrogens is 2. The first-order chi connectivity index (χ1) is 8.12. The van der Waals surface area contributed by atoms with E-state index in [4.69, 9.17) is 0 Å². The molecule has 0 spiro atoms. The summed E-state index contributed by atoms with van der Waals surface area (Å²) in [6.45, 7) is 5.29. The second kappa shape index (κ2) is 6.76. The molecule has 1 N–H and O–H groups in total. The first kappa shape index (κ1) is 14.2. The molecule has 0 fully saturated rings. The third-order valence-electron chi connectivity index (χ3n) is 2.63.